The van der Waals surface area contributed by atoms with Gasteiger partial charge in [-0.05, 0) is 54.2 Å². The quantitative estimate of drug-likeness (QED) is 0.857. The number of carbonyl (C=O) groups is 1. The standard InChI is InChI=1S/C21H19ClO2/c1-20-13-17(14-7-9-16(22)10-8-14)19(15-5-3-2-4-6-15)21(20,24)12-11-18(20)23/h2-10,24H,11-13H2,1H3/t20-,21+/m1/s1. The molecule has 0 heterocycles. The zero-order valence-corrected chi connectivity index (χ0v) is 14.3. The van der Waals surface area contributed by atoms with Crippen LogP contribution in [0.4, 0.5) is 0 Å². The molecular weight excluding hydrogens is 320 g/mol. The van der Waals surface area contributed by atoms with Crippen molar-refractivity contribution < 1.29 is 9.90 Å². The monoisotopic (exact) mass is 338 g/mol. The Morgan fingerprint density at radius 3 is 2.33 bits per heavy atom. The molecule has 4 rings (SSSR count). The number of Topliss-reactive ketones (excluding diaryl/α,β-unsaturated/α-hetero) is 1. The van der Waals surface area contributed by atoms with Crippen LogP contribution in [0.5, 0.6) is 0 Å². The largest absolute Gasteiger partial charge is 0.384 e. The molecule has 122 valence electrons. The van der Waals surface area contributed by atoms with Crippen LogP contribution in [-0.2, 0) is 4.79 Å². The van der Waals surface area contributed by atoms with E-state index >= 15 is 0 Å². The first-order valence-electron chi connectivity index (χ1n) is 8.26. The minimum absolute atomic E-state index is 0.155. The van der Waals surface area contributed by atoms with Gasteiger partial charge in [-0.3, -0.25) is 4.79 Å². The van der Waals surface area contributed by atoms with Gasteiger partial charge >= 0.3 is 0 Å². The average Bonchev–Trinajstić information content (AvgIpc) is 2.96. The van der Waals surface area contributed by atoms with E-state index in [0.717, 1.165) is 22.3 Å². The van der Waals surface area contributed by atoms with E-state index in [-0.39, 0.29) is 5.78 Å². The van der Waals surface area contributed by atoms with Crippen LogP contribution in [0.2, 0.25) is 5.02 Å². The second kappa shape index (κ2) is 5.30. The van der Waals surface area contributed by atoms with Gasteiger partial charge in [-0.2, -0.15) is 0 Å². The Morgan fingerprint density at radius 2 is 1.67 bits per heavy atom. The van der Waals surface area contributed by atoms with Crippen LogP contribution in [0.25, 0.3) is 11.1 Å². The zero-order valence-electron chi connectivity index (χ0n) is 13.6. The summed E-state index contributed by atoms with van der Waals surface area (Å²) in [7, 11) is 0. The summed E-state index contributed by atoms with van der Waals surface area (Å²) in [6, 6.07) is 17.6. The topological polar surface area (TPSA) is 37.3 Å². The molecule has 0 spiro atoms. The van der Waals surface area contributed by atoms with E-state index in [1.807, 2.05) is 61.5 Å². The normalized spacial score (nSPS) is 29.2. The number of benzene rings is 2. The lowest BCUT2D eigenvalue weighted by Crippen LogP contribution is -2.42. The highest BCUT2D eigenvalue weighted by atomic mass is 35.5. The molecule has 0 aromatic heterocycles. The SMILES string of the molecule is C[C@]12CC(c3ccc(Cl)cc3)=C(c3ccccc3)[C@@]1(O)CCC2=O. The molecule has 0 aliphatic heterocycles. The maximum absolute atomic E-state index is 12.6. The Balaban J connectivity index is 1.97. The lowest BCUT2D eigenvalue weighted by molar-refractivity contribution is -0.129. The maximum atomic E-state index is 12.6. The van der Waals surface area contributed by atoms with Crippen LogP contribution in [-0.4, -0.2) is 16.5 Å². The second-order valence-corrected chi connectivity index (χ2v) is 7.46. The van der Waals surface area contributed by atoms with Crippen LogP contribution in [0.15, 0.2) is 54.6 Å². The van der Waals surface area contributed by atoms with Crippen LogP contribution >= 0.6 is 11.6 Å². The van der Waals surface area contributed by atoms with Crippen LogP contribution in [0.1, 0.15) is 37.3 Å². The molecule has 0 bridgehead atoms. The lowest BCUT2D eigenvalue weighted by atomic mass is 9.74. The summed E-state index contributed by atoms with van der Waals surface area (Å²) in [5.41, 5.74) is 2.13. The molecule has 3 heteroatoms. The molecule has 2 aromatic rings. The van der Waals surface area contributed by atoms with Crippen molar-refractivity contribution in [3.63, 3.8) is 0 Å². The van der Waals surface area contributed by atoms with E-state index in [9.17, 15) is 9.90 Å². The average molecular weight is 339 g/mol. The number of aliphatic hydroxyl groups is 1. The fourth-order valence-electron chi connectivity index (χ4n) is 4.33. The van der Waals surface area contributed by atoms with Gasteiger partial charge in [-0.15, -0.1) is 0 Å². The Morgan fingerprint density at radius 1 is 1.00 bits per heavy atom. The highest BCUT2D eigenvalue weighted by molar-refractivity contribution is 6.30. The molecule has 0 amide bonds. The van der Waals surface area contributed by atoms with Crippen molar-refractivity contribution in [2.24, 2.45) is 5.41 Å². The van der Waals surface area contributed by atoms with E-state index in [0.29, 0.717) is 24.3 Å². The molecular formula is C21H19ClO2. The number of allylic oxidation sites excluding steroid dienone is 1. The van der Waals surface area contributed by atoms with E-state index in [2.05, 4.69) is 0 Å². The molecule has 0 unspecified atom stereocenters. The van der Waals surface area contributed by atoms with Crippen LogP contribution in [0.3, 0.4) is 0 Å². The summed E-state index contributed by atoms with van der Waals surface area (Å²) in [5.74, 6) is 0.155. The molecule has 1 fully saturated rings. The van der Waals surface area contributed by atoms with Crippen molar-refractivity contribution in [3.05, 3.63) is 70.7 Å². The predicted molar refractivity (Wildman–Crippen MR) is 96.6 cm³/mol. The van der Waals surface area contributed by atoms with Crippen molar-refractivity contribution >= 4 is 28.5 Å². The maximum Gasteiger partial charge on any atom is 0.142 e. The van der Waals surface area contributed by atoms with Gasteiger partial charge in [0.05, 0.1) is 5.41 Å². The molecule has 24 heavy (non-hydrogen) atoms. The lowest BCUT2D eigenvalue weighted by Gasteiger charge is -2.34. The minimum atomic E-state index is -1.10. The smallest absolute Gasteiger partial charge is 0.142 e. The van der Waals surface area contributed by atoms with Gasteiger partial charge in [-0.1, -0.05) is 54.1 Å². The summed E-state index contributed by atoms with van der Waals surface area (Å²) < 4.78 is 0. The minimum Gasteiger partial charge on any atom is -0.384 e. The van der Waals surface area contributed by atoms with E-state index in [1.54, 1.807) is 0 Å². The summed E-state index contributed by atoms with van der Waals surface area (Å²) in [6.45, 7) is 1.91. The molecule has 0 radical (unpaired) electrons. The third kappa shape index (κ3) is 2.03. The van der Waals surface area contributed by atoms with Crippen molar-refractivity contribution in [3.8, 4) is 0 Å². The Hall–Kier alpha value is -1.90. The number of fused-ring (bicyclic) bond motifs is 1. The van der Waals surface area contributed by atoms with E-state index < -0.39 is 11.0 Å². The van der Waals surface area contributed by atoms with Crippen molar-refractivity contribution in [1.29, 1.82) is 0 Å². The third-order valence-corrected chi connectivity index (χ3v) is 5.99. The van der Waals surface area contributed by atoms with Crippen LogP contribution in [0, 0.1) is 5.41 Å². The highest BCUT2D eigenvalue weighted by Gasteiger charge is 2.63. The number of carbonyl (C=O) groups excluding carboxylic acids is 1. The number of rotatable bonds is 2. The predicted octanol–water partition coefficient (Wildman–Crippen LogP) is 4.75. The molecule has 2 nitrogen and oxygen atoms in total. The second-order valence-electron chi connectivity index (χ2n) is 7.02. The first-order chi connectivity index (χ1) is 11.5. The van der Waals surface area contributed by atoms with E-state index in [1.165, 1.54) is 0 Å². The molecule has 1 saturated carbocycles. The molecule has 1 N–H and O–H groups in total. The summed E-state index contributed by atoms with van der Waals surface area (Å²) in [5, 5.41) is 12.2. The van der Waals surface area contributed by atoms with Crippen molar-refractivity contribution in [1.82, 2.24) is 0 Å². The molecule has 2 aliphatic rings. The number of halogens is 1. The fraction of sp³-hybridized carbons (Fsp3) is 0.286. The van der Waals surface area contributed by atoms with Crippen LogP contribution < -0.4 is 0 Å². The van der Waals surface area contributed by atoms with E-state index in [4.69, 9.17) is 11.6 Å². The van der Waals surface area contributed by atoms with Gasteiger partial charge in [0.2, 0.25) is 0 Å². The molecule has 2 aliphatic carbocycles. The summed E-state index contributed by atoms with van der Waals surface area (Å²) in [6.07, 6.45) is 1.50. The van der Waals surface area contributed by atoms with Gasteiger partial charge in [-0.25, -0.2) is 0 Å². The van der Waals surface area contributed by atoms with Gasteiger partial charge in [0.15, 0.2) is 0 Å². The molecule has 2 atom stereocenters. The van der Waals surface area contributed by atoms with Gasteiger partial charge in [0.25, 0.3) is 0 Å². The third-order valence-electron chi connectivity index (χ3n) is 5.74. The zero-order chi connectivity index (χ0) is 16.9. The Bertz CT molecular complexity index is 838. The van der Waals surface area contributed by atoms with Gasteiger partial charge in [0, 0.05) is 11.4 Å². The van der Waals surface area contributed by atoms with Crippen molar-refractivity contribution in [2.45, 2.75) is 31.8 Å². The van der Waals surface area contributed by atoms with Crippen molar-refractivity contribution in [2.75, 3.05) is 0 Å². The first-order valence-corrected chi connectivity index (χ1v) is 8.64. The first kappa shape index (κ1) is 15.6. The fourth-order valence-corrected chi connectivity index (χ4v) is 4.46. The summed E-state index contributed by atoms with van der Waals surface area (Å²) in [4.78, 5) is 12.6. The van der Waals surface area contributed by atoms with Gasteiger partial charge in [0.1, 0.15) is 11.4 Å². The molecule has 2 aromatic carbocycles. The number of ketones is 1. The van der Waals surface area contributed by atoms with Gasteiger partial charge < -0.3 is 5.11 Å². The molecule has 0 saturated heterocycles. The Labute approximate surface area is 146 Å². The number of hydrogen-bond acceptors (Lipinski definition) is 2. The number of hydrogen-bond donors (Lipinski definition) is 1. The summed E-state index contributed by atoms with van der Waals surface area (Å²) >= 11 is 6.03. The Kier molecular flexibility index (Phi) is 3.45. The highest BCUT2D eigenvalue weighted by Crippen LogP contribution is 2.62.